The minimum absolute atomic E-state index is 0.559. The molecule has 1 N–H and O–H groups in total. The average Bonchev–Trinajstić information content (AvgIpc) is 2.31. The predicted octanol–water partition coefficient (Wildman–Crippen LogP) is 3.82. The molecule has 0 radical (unpaired) electrons. The quantitative estimate of drug-likeness (QED) is 0.849. The van der Waals surface area contributed by atoms with Crippen molar-refractivity contribution in [1.82, 2.24) is 10.3 Å². The van der Waals surface area contributed by atoms with E-state index in [9.17, 15) is 0 Å². The van der Waals surface area contributed by atoms with Gasteiger partial charge in [0.2, 0.25) is 0 Å². The van der Waals surface area contributed by atoms with Crippen LogP contribution < -0.4 is 5.32 Å². The topological polar surface area (TPSA) is 24.9 Å². The van der Waals surface area contributed by atoms with Crippen LogP contribution in [0, 0.1) is 6.92 Å². The van der Waals surface area contributed by atoms with Crippen LogP contribution in [-0.2, 0) is 0 Å². The number of fused-ring (bicyclic) bond motifs is 1. The molecular weight excluding hydrogens is 244 g/mol. The minimum Gasteiger partial charge on any atom is -0.316 e. The SMILES string of the molecule is CNCC(C)=Cc1cc2ccc(C)cc2nc1Cl. The molecule has 1 aromatic heterocycles. The van der Waals surface area contributed by atoms with Gasteiger partial charge in [-0.25, -0.2) is 4.98 Å². The first-order valence-electron chi connectivity index (χ1n) is 5.99. The van der Waals surface area contributed by atoms with Crippen molar-refractivity contribution in [3.63, 3.8) is 0 Å². The van der Waals surface area contributed by atoms with E-state index in [-0.39, 0.29) is 0 Å². The van der Waals surface area contributed by atoms with Crippen molar-refractivity contribution in [2.75, 3.05) is 13.6 Å². The van der Waals surface area contributed by atoms with Crippen LogP contribution in [0.3, 0.4) is 0 Å². The Morgan fingerprint density at radius 2 is 2.17 bits per heavy atom. The zero-order chi connectivity index (χ0) is 13.1. The van der Waals surface area contributed by atoms with Gasteiger partial charge in [0.1, 0.15) is 5.15 Å². The molecule has 94 valence electrons. The van der Waals surface area contributed by atoms with Gasteiger partial charge in [0.05, 0.1) is 5.52 Å². The molecule has 0 aliphatic carbocycles. The molecule has 1 aromatic carbocycles. The van der Waals surface area contributed by atoms with Crippen LogP contribution in [0.5, 0.6) is 0 Å². The molecule has 0 spiro atoms. The fourth-order valence-electron chi connectivity index (χ4n) is 1.97. The standard InChI is InChI=1S/C15H17ClN2/c1-10-4-5-12-8-13(6-11(2)9-17-3)15(16)18-14(12)7-10/h4-8,17H,9H2,1-3H3. The predicted molar refractivity (Wildman–Crippen MR) is 79.1 cm³/mol. The number of benzene rings is 1. The van der Waals surface area contributed by atoms with Gasteiger partial charge in [0.15, 0.2) is 0 Å². The third-order valence-corrected chi connectivity index (χ3v) is 3.11. The van der Waals surface area contributed by atoms with Crippen molar-refractivity contribution < 1.29 is 0 Å². The van der Waals surface area contributed by atoms with E-state index in [1.54, 1.807) is 0 Å². The highest BCUT2D eigenvalue weighted by Gasteiger charge is 2.03. The van der Waals surface area contributed by atoms with Crippen molar-refractivity contribution in [3.8, 4) is 0 Å². The Balaban J connectivity index is 2.49. The summed E-state index contributed by atoms with van der Waals surface area (Å²) in [5.74, 6) is 0. The fraction of sp³-hybridized carbons (Fsp3) is 0.267. The number of aryl methyl sites for hydroxylation is 1. The molecule has 2 rings (SSSR count). The molecule has 2 aromatic rings. The normalized spacial score (nSPS) is 12.1. The van der Waals surface area contributed by atoms with E-state index in [0.29, 0.717) is 5.15 Å². The third-order valence-electron chi connectivity index (χ3n) is 2.81. The van der Waals surface area contributed by atoms with Gasteiger partial charge in [-0.2, -0.15) is 0 Å². The smallest absolute Gasteiger partial charge is 0.136 e. The van der Waals surface area contributed by atoms with Gasteiger partial charge in [0.25, 0.3) is 0 Å². The molecule has 0 fully saturated rings. The Hall–Kier alpha value is -1.38. The lowest BCUT2D eigenvalue weighted by molar-refractivity contribution is 0.884. The van der Waals surface area contributed by atoms with Gasteiger partial charge in [-0.1, -0.05) is 35.4 Å². The number of hydrogen-bond donors (Lipinski definition) is 1. The lowest BCUT2D eigenvalue weighted by atomic mass is 10.1. The molecule has 0 atom stereocenters. The average molecular weight is 261 g/mol. The van der Waals surface area contributed by atoms with E-state index in [1.165, 1.54) is 11.1 Å². The Bertz CT molecular complexity index is 603. The van der Waals surface area contributed by atoms with Crippen molar-refractivity contribution in [1.29, 1.82) is 0 Å². The van der Waals surface area contributed by atoms with E-state index < -0.39 is 0 Å². The lowest BCUT2D eigenvalue weighted by Crippen LogP contribution is -2.08. The van der Waals surface area contributed by atoms with E-state index in [1.807, 2.05) is 7.05 Å². The highest BCUT2D eigenvalue weighted by atomic mass is 35.5. The molecule has 0 unspecified atom stereocenters. The van der Waals surface area contributed by atoms with Crippen LogP contribution in [0.4, 0.5) is 0 Å². The van der Waals surface area contributed by atoms with Gasteiger partial charge in [-0.15, -0.1) is 0 Å². The number of aromatic nitrogens is 1. The molecule has 0 bridgehead atoms. The monoisotopic (exact) mass is 260 g/mol. The van der Waals surface area contributed by atoms with Crippen LogP contribution in [0.15, 0.2) is 29.8 Å². The van der Waals surface area contributed by atoms with Crippen molar-refractivity contribution in [2.45, 2.75) is 13.8 Å². The second kappa shape index (κ2) is 5.51. The van der Waals surface area contributed by atoms with Gasteiger partial charge < -0.3 is 5.32 Å². The minimum atomic E-state index is 0.559. The molecule has 3 heteroatoms. The number of rotatable bonds is 3. The highest BCUT2D eigenvalue weighted by molar-refractivity contribution is 6.31. The van der Waals surface area contributed by atoms with Crippen molar-refractivity contribution in [3.05, 3.63) is 46.1 Å². The molecule has 0 saturated heterocycles. The molecule has 0 aliphatic heterocycles. The molecule has 0 aliphatic rings. The third kappa shape index (κ3) is 2.89. The molecule has 1 heterocycles. The van der Waals surface area contributed by atoms with Gasteiger partial charge in [-0.3, -0.25) is 0 Å². The summed E-state index contributed by atoms with van der Waals surface area (Å²) in [6, 6.07) is 8.31. The number of hydrogen-bond acceptors (Lipinski definition) is 2. The summed E-state index contributed by atoms with van der Waals surface area (Å²) in [7, 11) is 1.93. The number of halogens is 1. The number of nitrogens with zero attached hydrogens (tertiary/aromatic N) is 1. The summed E-state index contributed by atoms with van der Waals surface area (Å²) in [5.41, 5.74) is 4.34. The number of nitrogens with one attached hydrogen (secondary N) is 1. The van der Waals surface area contributed by atoms with Crippen LogP contribution in [0.2, 0.25) is 5.15 Å². The maximum Gasteiger partial charge on any atom is 0.136 e. The van der Waals surface area contributed by atoms with Crippen molar-refractivity contribution >= 4 is 28.6 Å². The number of pyridine rings is 1. The zero-order valence-corrected chi connectivity index (χ0v) is 11.7. The number of likely N-dealkylation sites (N-methyl/N-ethyl adjacent to an activating group) is 1. The molecule has 0 saturated carbocycles. The Labute approximate surface area is 113 Å². The summed E-state index contributed by atoms with van der Waals surface area (Å²) < 4.78 is 0. The van der Waals surface area contributed by atoms with Gasteiger partial charge >= 0.3 is 0 Å². The largest absolute Gasteiger partial charge is 0.316 e. The summed E-state index contributed by atoms with van der Waals surface area (Å²) in [6.07, 6.45) is 2.07. The second-order valence-electron chi connectivity index (χ2n) is 4.59. The highest BCUT2D eigenvalue weighted by Crippen LogP contribution is 2.23. The summed E-state index contributed by atoms with van der Waals surface area (Å²) in [4.78, 5) is 4.45. The summed E-state index contributed by atoms with van der Waals surface area (Å²) >= 11 is 6.22. The molecular formula is C15H17ClN2. The fourth-order valence-corrected chi connectivity index (χ4v) is 2.17. The summed E-state index contributed by atoms with van der Waals surface area (Å²) in [6.45, 7) is 4.98. The van der Waals surface area contributed by atoms with E-state index in [4.69, 9.17) is 11.6 Å². The molecule has 2 nitrogen and oxygen atoms in total. The van der Waals surface area contributed by atoms with Gasteiger partial charge in [-0.05, 0) is 38.6 Å². The Morgan fingerprint density at radius 3 is 2.89 bits per heavy atom. The molecule has 18 heavy (non-hydrogen) atoms. The van der Waals surface area contributed by atoms with E-state index in [2.05, 4.69) is 54.5 Å². The Kier molecular flexibility index (Phi) is 4.00. The molecule has 0 amide bonds. The second-order valence-corrected chi connectivity index (χ2v) is 4.94. The van der Waals surface area contributed by atoms with Gasteiger partial charge in [0, 0.05) is 17.5 Å². The van der Waals surface area contributed by atoms with Crippen molar-refractivity contribution in [2.24, 2.45) is 0 Å². The lowest BCUT2D eigenvalue weighted by Gasteiger charge is -2.05. The van der Waals surface area contributed by atoms with Crippen LogP contribution >= 0.6 is 11.6 Å². The Morgan fingerprint density at radius 1 is 1.39 bits per heavy atom. The van der Waals surface area contributed by atoms with Crippen LogP contribution in [0.1, 0.15) is 18.1 Å². The van der Waals surface area contributed by atoms with Crippen LogP contribution in [0.25, 0.3) is 17.0 Å². The summed E-state index contributed by atoms with van der Waals surface area (Å²) in [5, 5.41) is 4.80. The maximum absolute atomic E-state index is 6.22. The van der Waals surface area contributed by atoms with Crippen LogP contribution in [-0.4, -0.2) is 18.6 Å². The zero-order valence-electron chi connectivity index (χ0n) is 10.9. The first kappa shape index (κ1) is 13.1. The first-order valence-corrected chi connectivity index (χ1v) is 6.36. The first-order chi connectivity index (χ1) is 8.60. The maximum atomic E-state index is 6.22. The van der Waals surface area contributed by atoms with E-state index >= 15 is 0 Å². The van der Waals surface area contributed by atoms with E-state index in [0.717, 1.165) is 23.0 Å².